The summed E-state index contributed by atoms with van der Waals surface area (Å²) in [5, 5.41) is 0. The molecule has 32 heavy (non-hydrogen) atoms. The van der Waals surface area contributed by atoms with E-state index < -0.39 is 17.4 Å². The molecule has 1 unspecified atom stereocenters. The zero-order valence-electron chi connectivity index (χ0n) is 18.8. The number of rotatable bonds is 13. The Morgan fingerprint density at radius 2 is 1.38 bits per heavy atom. The van der Waals surface area contributed by atoms with E-state index in [1.54, 1.807) is 42.5 Å². The molecule has 2 rings (SSSR count). The van der Waals surface area contributed by atoms with Gasteiger partial charge in [0.05, 0.1) is 29.8 Å². The Kier molecular flexibility index (Phi) is 10.4. The Labute approximate surface area is 195 Å². The third-order valence-electron chi connectivity index (χ3n) is 5.35. The summed E-state index contributed by atoms with van der Waals surface area (Å²) in [6, 6.07) is 14.3. The molecule has 2 aromatic carbocycles. The summed E-state index contributed by atoms with van der Waals surface area (Å²) in [5.41, 5.74) is 2.31. The highest BCUT2D eigenvalue weighted by Crippen LogP contribution is 2.25. The summed E-state index contributed by atoms with van der Waals surface area (Å²) in [4.78, 5) is 25.1. The summed E-state index contributed by atoms with van der Waals surface area (Å²) in [6.45, 7) is 8.39. The van der Waals surface area contributed by atoms with E-state index in [0.717, 1.165) is 17.5 Å². The zero-order chi connectivity index (χ0) is 23.4. The van der Waals surface area contributed by atoms with E-state index in [1.165, 1.54) is 0 Å². The van der Waals surface area contributed by atoms with Crippen molar-refractivity contribution < 1.29 is 23.8 Å². The number of hydrogen-bond donors (Lipinski definition) is 0. The average molecular weight is 459 g/mol. The lowest BCUT2D eigenvalue weighted by molar-refractivity contribution is -0.0443. The highest BCUT2D eigenvalue weighted by Gasteiger charge is 2.33. The van der Waals surface area contributed by atoms with Crippen LogP contribution in [0.5, 0.6) is 0 Å². The molecule has 0 aliphatic heterocycles. The second kappa shape index (κ2) is 13.0. The van der Waals surface area contributed by atoms with Crippen molar-refractivity contribution in [1.29, 1.82) is 0 Å². The summed E-state index contributed by atoms with van der Waals surface area (Å²) < 4.78 is 16.9. The van der Waals surface area contributed by atoms with Crippen LogP contribution in [0.3, 0.4) is 0 Å². The predicted molar refractivity (Wildman–Crippen MR) is 126 cm³/mol. The van der Waals surface area contributed by atoms with Gasteiger partial charge in [0.1, 0.15) is 13.2 Å². The van der Waals surface area contributed by atoms with Gasteiger partial charge in [-0.2, -0.15) is 0 Å². The van der Waals surface area contributed by atoms with Crippen molar-refractivity contribution in [3.63, 3.8) is 0 Å². The molecular formula is C26H31ClO5. The molecular weight excluding hydrogens is 428 g/mol. The van der Waals surface area contributed by atoms with Crippen LogP contribution in [0.2, 0.25) is 0 Å². The first-order valence-electron chi connectivity index (χ1n) is 10.7. The molecule has 0 N–H and O–H groups in total. The maximum absolute atomic E-state index is 12.6. The lowest BCUT2D eigenvalue weighted by atomic mass is 9.88. The van der Waals surface area contributed by atoms with Crippen LogP contribution < -0.4 is 0 Å². The van der Waals surface area contributed by atoms with Crippen LogP contribution in [-0.2, 0) is 26.5 Å². The highest BCUT2D eigenvalue weighted by molar-refractivity contribution is 6.17. The minimum atomic E-state index is -0.673. The van der Waals surface area contributed by atoms with Crippen LogP contribution in [0, 0.1) is 5.41 Å². The van der Waals surface area contributed by atoms with Gasteiger partial charge in [0.15, 0.2) is 0 Å². The fourth-order valence-electron chi connectivity index (χ4n) is 3.00. The molecule has 0 fully saturated rings. The summed E-state index contributed by atoms with van der Waals surface area (Å²) in [6.07, 6.45) is 3.13. The Morgan fingerprint density at radius 3 is 1.78 bits per heavy atom. The number of carbonyl (C=O) groups excluding carboxylic acids is 2. The predicted octanol–water partition coefficient (Wildman–Crippen LogP) is 5.60. The first-order chi connectivity index (χ1) is 15.5. The van der Waals surface area contributed by atoms with Crippen molar-refractivity contribution >= 4 is 23.5 Å². The largest absolute Gasteiger partial charge is 0.461 e. The third-order valence-corrected chi connectivity index (χ3v) is 5.66. The zero-order valence-corrected chi connectivity index (χ0v) is 19.5. The number of benzene rings is 2. The maximum Gasteiger partial charge on any atom is 0.338 e. The fraction of sp³-hybridized carbons (Fsp3) is 0.385. The SMILES string of the molecule is C=CCOCC(CC)(COC(=O)c1ccc(CC)cc1)COC(=O)c1ccc(CCl)cc1. The van der Waals surface area contributed by atoms with E-state index in [2.05, 4.69) is 13.5 Å². The van der Waals surface area contributed by atoms with Gasteiger partial charge < -0.3 is 14.2 Å². The van der Waals surface area contributed by atoms with Crippen molar-refractivity contribution in [2.24, 2.45) is 5.41 Å². The topological polar surface area (TPSA) is 61.8 Å². The second-order valence-corrected chi connectivity index (χ2v) is 7.96. The van der Waals surface area contributed by atoms with E-state index in [0.29, 0.717) is 30.0 Å². The summed E-state index contributed by atoms with van der Waals surface area (Å²) in [7, 11) is 0. The number of halogens is 1. The molecule has 0 aliphatic rings. The second-order valence-electron chi connectivity index (χ2n) is 7.69. The lowest BCUT2D eigenvalue weighted by Gasteiger charge is -2.31. The van der Waals surface area contributed by atoms with E-state index in [4.69, 9.17) is 25.8 Å². The number of hydrogen-bond acceptors (Lipinski definition) is 5. The number of aryl methyl sites for hydroxylation is 1. The molecule has 6 heteroatoms. The standard InChI is InChI=1S/C26H31ClO5/c1-4-15-30-17-26(6-3,18-31-24(28)22-11-7-20(5-2)8-12-22)19-32-25(29)23-13-9-21(16-27)10-14-23/h4,7-14H,1,5-6,15-19H2,2-3H3. The molecule has 1 atom stereocenters. The van der Waals surface area contributed by atoms with Crippen LogP contribution in [0.15, 0.2) is 61.2 Å². The van der Waals surface area contributed by atoms with Crippen LogP contribution in [0.1, 0.15) is 52.1 Å². The molecule has 0 amide bonds. The van der Waals surface area contributed by atoms with E-state index in [-0.39, 0.29) is 19.8 Å². The number of alkyl halides is 1. The quantitative estimate of drug-likeness (QED) is 0.169. The fourth-order valence-corrected chi connectivity index (χ4v) is 3.18. The minimum absolute atomic E-state index is 0.0544. The van der Waals surface area contributed by atoms with Gasteiger partial charge in [0.2, 0.25) is 0 Å². The molecule has 0 saturated carbocycles. The van der Waals surface area contributed by atoms with Gasteiger partial charge in [-0.3, -0.25) is 0 Å². The van der Waals surface area contributed by atoms with Gasteiger partial charge in [-0.25, -0.2) is 9.59 Å². The third kappa shape index (κ3) is 7.50. The molecule has 5 nitrogen and oxygen atoms in total. The van der Waals surface area contributed by atoms with Gasteiger partial charge >= 0.3 is 11.9 Å². The smallest absolute Gasteiger partial charge is 0.338 e. The number of ether oxygens (including phenoxy) is 3. The molecule has 172 valence electrons. The van der Waals surface area contributed by atoms with Gasteiger partial charge in [-0.1, -0.05) is 44.2 Å². The molecule has 2 aromatic rings. The molecule has 0 radical (unpaired) electrons. The monoisotopic (exact) mass is 458 g/mol. The van der Waals surface area contributed by atoms with Crippen molar-refractivity contribution in [3.05, 3.63) is 83.4 Å². The minimum Gasteiger partial charge on any atom is -0.461 e. The van der Waals surface area contributed by atoms with Crippen molar-refractivity contribution in [1.82, 2.24) is 0 Å². The normalized spacial score (nSPS) is 12.6. The number of carbonyl (C=O) groups is 2. The summed E-state index contributed by atoms with van der Waals surface area (Å²) in [5.74, 6) is -0.493. The van der Waals surface area contributed by atoms with Crippen LogP contribution in [0.25, 0.3) is 0 Å². The van der Waals surface area contributed by atoms with Gasteiger partial charge in [-0.05, 0) is 48.2 Å². The lowest BCUT2D eigenvalue weighted by Crippen LogP contribution is -2.38. The summed E-state index contributed by atoms with van der Waals surface area (Å²) >= 11 is 5.80. The highest BCUT2D eigenvalue weighted by atomic mass is 35.5. The first kappa shape index (κ1) is 25.6. The van der Waals surface area contributed by atoms with E-state index in [9.17, 15) is 9.59 Å². The van der Waals surface area contributed by atoms with Crippen molar-refractivity contribution in [2.75, 3.05) is 26.4 Å². The van der Waals surface area contributed by atoms with Crippen molar-refractivity contribution in [2.45, 2.75) is 32.6 Å². The molecule has 0 saturated heterocycles. The first-order valence-corrected chi connectivity index (χ1v) is 11.3. The Balaban J connectivity index is 2.05. The maximum atomic E-state index is 12.6. The van der Waals surface area contributed by atoms with Gasteiger partial charge in [0, 0.05) is 5.88 Å². The van der Waals surface area contributed by atoms with Gasteiger partial charge in [0.25, 0.3) is 0 Å². The van der Waals surface area contributed by atoms with Crippen LogP contribution >= 0.6 is 11.6 Å². The molecule has 0 aliphatic carbocycles. The molecule has 0 heterocycles. The average Bonchev–Trinajstić information content (AvgIpc) is 2.85. The Bertz CT molecular complexity index is 811. The van der Waals surface area contributed by atoms with Crippen LogP contribution in [-0.4, -0.2) is 38.4 Å². The van der Waals surface area contributed by atoms with E-state index >= 15 is 0 Å². The van der Waals surface area contributed by atoms with E-state index in [1.807, 2.05) is 19.1 Å². The Hall–Kier alpha value is -2.63. The molecule has 0 spiro atoms. The Morgan fingerprint density at radius 1 is 0.875 bits per heavy atom. The molecule has 0 aromatic heterocycles. The molecule has 0 bridgehead atoms. The van der Waals surface area contributed by atoms with Crippen molar-refractivity contribution in [3.8, 4) is 0 Å². The van der Waals surface area contributed by atoms with Crippen LogP contribution in [0.4, 0.5) is 0 Å². The van der Waals surface area contributed by atoms with Gasteiger partial charge in [-0.15, -0.1) is 18.2 Å². The number of esters is 2.